The summed E-state index contributed by atoms with van der Waals surface area (Å²) in [5, 5.41) is 29.1. The third-order valence-corrected chi connectivity index (χ3v) is 3.12. The molecule has 2 unspecified atom stereocenters. The van der Waals surface area contributed by atoms with Crippen molar-refractivity contribution in [3.8, 4) is 6.07 Å². The highest BCUT2D eigenvalue weighted by atomic mass is 16.6. The van der Waals surface area contributed by atoms with Crippen LogP contribution in [0.4, 0.5) is 5.69 Å². The third kappa shape index (κ3) is 2.41. The highest BCUT2D eigenvalue weighted by Crippen LogP contribution is 2.35. The Hall–Kier alpha value is -3.30. The van der Waals surface area contributed by atoms with Crippen LogP contribution in [0.5, 0.6) is 0 Å². The van der Waals surface area contributed by atoms with Crippen LogP contribution in [0.25, 0.3) is 0 Å². The zero-order valence-electron chi connectivity index (χ0n) is 10.5. The van der Waals surface area contributed by atoms with Crippen molar-refractivity contribution >= 4 is 23.4 Å². The van der Waals surface area contributed by atoms with Crippen molar-refractivity contribution in [2.45, 2.75) is 5.92 Å². The van der Waals surface area contributed by atoms with E-state index in [4.69, 9.17) is 10.7 Å². The number of nitro groups is 1. The molecule has 1 saturated heterocycles. The van der Waals surface area contributed by atoms with E-state index in [1.807, 2.05) is 11.2 Å². The van der Waals surface area contributed by atoms with Crippen LogP contribution in [0.3, 0.4) is 0 Å². The van der Waals surface area contributed by atoms with Crippen molar-refractivity contribution in [2.24, 2.45) is 5.92 Å². The minimum atomic E-state index is -1.25. The van der Waals surface area contributed by atoms with Crippen molar-refractivity contribution in [1.82, 2.24) is 5.32 Å². The summed E-state index contributed by atoms with van der Waals surface area (Å²) in [6.07, 6.45) is 0. The third-order valence-electron chi connectivity index (χ3n) is 3.12. The summed E-state index contributed by atoms with van der Waals surface area (Å²) in [4.78, 5) is 33.6. The lowest BCUT2D eigenvalue weighted by molar-refractivity contribution is -0.384. The molecule has 2 rings (SSSR count). The largest absolute Gasteiger partial charge is 0.291 e. The monoisotopic (exact) mass is 284 g/mol. The number of carbonyl (C=O) groups excluding carboxylic acids is 2. The number of hydrogen-bond donors (Lipinski definition) is 2. The van der Waals surface area contributed by atoms with Crippen molar-refractivity contribution in [3.05, 3.63) is 45.5 Å². The minimum absolute atomic E-state index is 0.207. The van der Waals surface area contributed by atoms with Crippen molar-refractivity contribution in [2.75, 3.05) is 0 Å². The Balaban J connectivity index is 2.61. The van der Waals surface area contributed by atoms with Gasteiger partial charge < -0.3 is 0 Å². The van der Waals surface area contributed by atoms with E-state index in [1.165, 1.54) is 24.3 Å². The van der Waals surface area contributed by atoms with Gasteiger partial charge in [0.15, 0.2) is 0 Å². The summed E-state index contributed by atoms with van der Waals surface area (Å²) in [6, 6.07) is 7.04. The fourth-order valence-corrected chi connectivity index (χ4v) is 2.17. The SMILES string of the molecule is N#CC1C(=O)NC(=O)C(=C=N)C1c1cccc([N+](=O)[O-])c1. The first-order valence-electron chi connectivity index (χ1n) is 5.78. The quantitative estimate of drug-likeness (QED) is 0.270. The van der Waals surface area contributed by atoms with E-state index in [9.17, 15) is 19.7 Å². The maximum absolute atomic E-state index is 11.7. The van der Waals surface area contributed by atoms with E-state index in [0.29, 0.717) is 0 Å². The van der Waals surface area contributed by atoms with E-state index < -0.39 is 28.6 Å². The molecule has 104 valence electrons. The molecule has 1 aromatic carbocycles. The predicted octanol–water partition coefficient (Wildman–Crippen LogP) is 0.649. The van der Waals surface area contributed by atoms with Gasteiger partial charge in [-0.3, -0.25) is 30.4 Å². The lowest BCUT2D eigenvalue weighted by atomic mass is 9.78. The molecule has 1 heterocycles. The van der Waals surface area contributed by atoms with Gasteiger partial charge in [0.25, 0.3) is 11.6 Å². The molecule has 1 aromatic rings. The summed E-state index contributed by atoms with van der Waals surface area (Å²) in [6.45, 7) is 0. The van der Waals surface area contributed by atoms with E-state index in [0.717, 1.165) is 0 Å². The van der Waals surface area contributed by atoms with Gasteiger partial charge in [-0.2, -0.15) is 5.26 Å². The molecule has 0 spiro atoms. The molecule has 0 aliphatic carbocycles. The number of nitrogens with zero attached hydrogens (tertiary/aromatic N) is 2. The average molecular weight is 284 g/mol. The molecule has 2 N–H and O–H groups in total. The number of nitriles is 1. The molecule has 0 aromatic heterocycles. The lowest BCUT2D eigenvalue weighted by Gasteiger charge is -2.26. The molecule has 1 aliphatic heterocycles. The number of rotatable bonds is 2. The van der Waals surface area contributed by atoms with Crippen LogP contribution in [-0.4, -0.2) is 22.6 Å². The molecule has 2 amide bonds. The number of amides is 2. The fourth-order valence-electron chi connectivity index (χ4n) is 2.17. The molecule has 1 fully saturated rings. The maximum atomic E-state index is 11.7. The summed E-state index contributed by atoms with van der Waals surface area (Å²) < 4.78 is 0. The Bertz CT molecular complexity index is 743. The second-order valence-corrected chi connectivity index (χ2v) is 4.29. The van der Waals surface area contributed by atoms with Gasteiger partial charge in [-0.1, -0.05) is 12.1 Å². The van der Waals surface area contributed by atoms with E-state index in [1.54, 1.807) is 6.07 Å². The Kier molecular flexibility index (Phi) is 3.61. The molecule has 21 heavy (non-hydrogen) atoms. The molecule has 8 nitrogen and oxygen atoms in total. The first-order chi connectivity index (χ1) is 9.99. The number of carbonyl (C=O) groups is 2. The van der Waals surface area contributed by atoms with Crippen LogP contribution in [0.2, 0.25) is 0 Å². The Labute approximate surface area is 118 Å². The van der Waals surface area contributed by atoms with Gasteiger partial charge in [0.05, 0.1) is 16.6 Å². The first kappa shape index (κ1) is 14.1. The van der Waals surface area contributed by atoms with E-state index in [2.05, 4.69) is 0 Å². The van der Waals surface area contributed by atoms with Crippen LogP contribution in [0, 0.1) is 32.8 Å². The number of piperidine rings is 1. The Morgan fingerprint density at radius 2 is 2.10 bits per heavy atom. The normalized spacial score (nSPS) is 21.2. The maximum Gasteiger partial charge on any atom is 0.269 e. The van der Waals surface area contributed by atoms with Gasteiger partial charge in [0.1, 0.15) is 5.92 Å². The molecule has 0 saturated carbocycles. The summed E-state index contributed by atoms with van der Waals surface area (Å²) in [5.74, 6) is -2.00. The van der Waals surface area contributed by atoms with Gasteiger partial charge in [-0.25, -0.2) is 0 Å². The number of nitrogens with one attached hydrogen (secondary N) is 2. The lowest BCUT2D eigenvalue weighted by Crippen LogP contribution is -2.46. The van der Waals surface area contributed by atoms with E-state index >= 15 is 0 Å². The molecule has 1 aliphatic rings. The second-order valence-electron chi connectivity index (χ2n) is 4.29. The van der Waals surface area contributed by atoms with Gasteiger partial charge in [0.2, 0.25) is 5.91 Å². The van der Waals surface area contributed by atoms with Crippen LogP contribution in [0.15, 0.2) is 29.8 Å². The summed E-state index contributed by atoms with van der Waals surface area (Å²) in [5.41, 5.74) is -0.192. The van der Waals surface area contributed by atoms with Gasteiger partial charge in [0, 0.05) is 18.1 Å². The fraction of sp³-hybridized carbons (Fsp3) is 0.154. The van der Waals surface area contributed by atoms with E-state index in [-0.39, 0.29) is 16.8 Å². The standard InChI is InChI=1S/C13H8N4O4/c14-5-9-11(10(6-15)13(19)16-12(9)18)7-2-1-3-8(4-7)17(20)21/h1-4,9,11,15H,(H,16,18,19). The number of imide groups is 1. The number of hydrogen-bond acceptors (Lipinski definition) is 6. The van der Waals surface area contributed by atoms with Gasteiger partial charge in [-0.15, -0.1) is 0 Å². The second kappa shape index (κ2) is 5.36. The summed E-state index contributed by atoms with van der Waals surface area (Å²) in [7, 11) is 0. The van der Waals surface area contributed by atoms with Crippen LogP contribution >= 0.6 is 0 Å². The molecular formula is C13H8N4O4. The first-order valence-corrected chi connectivity index (χ1v) is 5.78. The average Bonchev–Trinajstić information content (AvgIpc) is 2.46. The topological polar surface area (TPSA) is 137 Å². The Morgan fingerprint density at radius 1 is 1.38 bits per heavy atom. The van der Waals surface area contributed by atoms with Crippen LogP contribution in [0.1, 0.15) is 11.5 Å². The van der Waals surface area contributed by atoms with Crippen molar-refractivity contribution in [3.63, 3.8) is 0 Å². The van der Waals surface area contributed by atoms with Crippen LogP contribution < -0.4 is 5.32 Å². The zero-order valence-corrected chi connectivity index (χ0v) is 10.5. The smallest absolute Gasteiger partial charge is 0.269 e. The van der Waals surface area contributed by atoms with Gasteiger partial charge >= 0.3 is 0 Å². The Morgan fingerprint density at radius 3 is 2.67 bits per heavy atom. The molecule has 2 atom stereocenters. The molecular weight excluding hydrogens is 276 g/mol. The van der Waals surface area contributed by atoms with Crippen LogP contribution in [-0.2, 0) is 9.59 Å². The molecule has 8 heteroatoms. The minimum Gasteiger partial charge on any atom is -0.291 e. The number of nitro benzene ring substituents is 1. The highest BCUT2D eigenvalue weighted by Gasteiger charge is 2.41. The van der Waals surface area contributed by atoms with Gasteiger partial charge in [-0.05, 0) is 11.4 Å². The number of benzene rings is 1. The molecule has 0 bridgehead atoms. The zero-order chi connectivity index (χ0) is 15.6. The van der Waals surface area contributed by atoms with Crippen molar-refractivity contribution in [1.29, 1.82) is 10.7 Å². The van der Waals surface area contributed by atoms with Crippen molar-refractivity contribution < 1.29 is 14.5 Å². The summed E-state index contributed by atoms with van der Waals surface area (Å²) >= 11 is 0. The predicted molar refractivity (Wildman–Crippen MR) is 69.3 cm³/mol. The molecule has 0 radical (unpaired) electrons. The highest BCUT2D eigenvalue weighted by molar-refractivity contribution is 6.14. The number of non-ortho nitro benzene ring substituents is 1.